The number of aliphatic hydroxyl groups is 1. The van der Waals surface area contributed by atoms with Crippen LogP contribution in [0.2, 0.25) is 0 Å². The highest BCUT2D eigenvalue weighted by atomic mass is 16.5. The Hall–Kier alpha value is -3.52. The average Bonchev–Trinajstić information content (AvgIpc) is 3.61. The highest BCUT2D eigenvalue weighted by Gasteiger charge is 2.35. The van der Waals surface area contributed by atoms with E-state index in [-0.39, 0.29) is 35.9 Å². The number of likely N-dealkylation sites (tertiary alicyclic amines) is 1. The first-order chi connectivity index (χ1) is 20.0. The number of nitrogens with zero attached hydrogens (tertiary/aromatic N) is 1. The van der Waals surface area contributed by atoms with E-state index in [1.54, 1.807) is 0 Å². The van der Waals surface area contributed by atoms with Gasteiger partial charge in [0.05, 0.1) is 32.0 Å². The predicted molar refractivity (Wildman–Crippen MR) is 158 cm³/mol. The Labute approximate surface area is 243 Å². The molecule has 2 aliphatic rings. The number of carbonyl (C=O) groups is 2. The second-order valence-electron chi connectivity index (χ2n) is 10.8. The highest BCUT2D eigenvalue weighted by Crippen LogP contribution is 2.26. The van der Waals surface area contributed by atoms with E-state index >= 15 is 0 Å². The molecule has 0 aliphatic carbocycles. The highest BCUT2D eigenvalue weighted by molar-refractivity contribution is 5.79. The van der Waals surface area contributed by atoms with Gasteiger partial charge in [0.15, 0.2) is 0 Å². The van der Waals surface area contributed by atoms with Crippen molar-refractivity contribution in [3.05, 3.63) is 108 Å². The van der Waals surface area contributed by atoms with Gasteiger partial charge in [-0.1, -0.05) is 97.9 Å². The zero-order valence-corrected chi connectivity index (χ0v) is 23.9. The standard InChI is InChI=1S/C27H29NO3.C7H13NO2/c29-27-16-25(18-28(27)17-22-10-4-1-5-11-22)26(31-20-24-14-8-3-9-15-24)21-30-19-23-12-6-2-7-13-23;1-2-6(9)5-3-7(10)8-4-5/h1-15,25-26H,16-21H2;5-6,9H,2-4H2,1H3,(H,8,10)/t25-,26+;5-,6+/m00/s1. The Morgan fingerprint density at radius 3 is 1.98 bits per heavy atom. The first-order valence-electron chi connectivity index (χ1n) is 14.6. The topological polar surface area (TPSA) is 88.1 Å². The molecule has 0 unspecified atom stereocenters. The molecule has 5 rings (SSSR count). The van der Waals surface area contributed by atoms with E-state index in [2.05, 4.69) is 41.7 Å². The molecule has 2 N–H and O–H groups in total. The number of benzene rings is 3. The molecule has 4 atom stereocenters. The minimum Gasteiger partial charge on any atom is -0.393 e. The van der Waals surface area contributed by atoms with Gasteiger partial charge in [-0.05, 0) is 23.1 Å². The summed E-state index contributed by atoms with van der Waals surface area (Å²) >= 11 is 0. The first-order valence-corrected chi connectivity index (χ1v) is 14.6. The SMILES string of the molecule is CC[C@@H](O)[C@@H]1CNC(=O)C1.O=C1C[C@H]([C@@H](COCc2ccccc2)OCc2ccccc2)CN1Cc1ccccc1. The lowest BCUT2D eigenvalue weighted by atomic mass is 10.00. The molecule has 7 heteroatoms. The van der Waals surface area contributed by atoms with Crippen LogP contribution in [0.3, 0.4) is 0 Å². The number of ether oxygens (including phenoxy) is 2. The molecule has 0 bridgehead atoms. The van der Waals surface area contributed by atoms with Gasteiger partial charge in [0.2, 0.25) is 11.8 Å². The summed E-state index contributed by atoms with van der Waals surface area (Å²) in [6.07, 6.45) is 1.29. The fraction of sp³-hybridized carbons (Fsp3) is 0.412. The molecular weight excluding hydrogens is 516 g/mol. The Morgan fingerprint density at radius 2 is 1.41 bits per heavy atom. The Balaban J connectivity index is 0.000000328. The lowest BCUT2D eigenvalue weighted by molar-refractivity contribution is -0.128. The molecule has 0 aromatic heterocycles. The van der Waals surface area contributed by atoms with Crippen molar-refractivity contribution in [2.75, 3.05) is 19.7 Å². The van der Waals surface area contributed by atoms with Gasteiger partial charge < -0.3 is 24.8 Å². The minimum absolute atomic E-state index is 0.0671. The largest absolute Gasteiger partial charge is 0.393 e. The summed E-state index contributed by atoms with van der Waals surface area (Å²) in [5, 5.41) is 12.0. The Bertz CT molecular complexity index is 1190. The maximum absolute atomic E-state index is 12.7. The molecule has 2 saturated heterocycles. The van der Waals surface area contributed by atoms with Crippen molar-refractivity contribution in [1.29, 1.82) is 0 Å². The van der Waals surface area contributed by atoms with Gasteiger partial charge >= 0.3 is 0 Å². The molecule has 41 heavy (non-hydrogen) atoms. The van der Waals surface area contributed by atoms with E-state index in [9.17, 15) is 14.7 Å². The van der Waals surface area contributed by atoms with Gasteiger partial charge in [-0.2, -0.15) is 0 Å². The van der Waals surface area contributed by atoms with Crippen molar-refractivity contribution in [3.8, 4) is 0 Å². The van der Waals surface area contributed by atoms with Crippen LogP contribution in [0.4, 0.5) is 0 Å². The Kier molecular flexibility index (Phi) is 11.9. The molecule has 0 radical (unpaired) electrons. The molecule has 218 valence electrons. The summed E-state index contributed by atoms with van der Waals surface area (Å²) in [7, 11) is 0. The maximum Gasteiger partial charge on any atom is 0.223 e. The van der Waals surface area contributed by atoms with Crippen molar-refractivity contribution >= 4 is 11.8 Å². The molecule has 2 amide bonds. The summed E-state index contributed by atoms with van der Waals surface area (Å²) in [6, 6.07) is 30.4. The number of nitrogens with one attached hydrogen (secondary N) is 1. The molecule has 0 spiro atoms. The van der Waals surface area contributed by atoms with E-state index in [0.717, 1.165) is 23.1 Å². The monoisotopic (exact) mass is 558 g/mol. The fourth-order valence-corrected chi connectivity index (χ4v) is 5.21. The third-order valence-electron chi connectivity index (χ3n) is 7.66. The summed E-state index contributed by atoms with van der Waals surface area (Å²) in [4.78, 5) is 25.3. The van der Waals surface area contributed by atoms with Crippen LogP contribution in [0.15, 0.2) is 91.0 Å². The summed E-state index contributed by atoms with van der Waals surface area (Å²) in [5.41, 5.74) is 3.41. The van der Waals surface area contributed by atoms with Crippen LogP contribution in [0.5, 0.6) is 0 Å². The smallest absolute Gasteiger partial charge is 0.223 e. The van der Waals surface area contributed by atoms with E-state index in [1.807, 2.05) is 66.4 Å². The quantitative estimate of drug-likeness (QED) is 0.336. The van der Waals surface area contributed by atoms with Crippen LogP contribution in [-0.2, 0) is 38.8 Å². The summed E-state index contributed by atoms with van der Waals surface area (Å²) in [5.74, 6) is 0.524. The first kappa shape index (κ1) is 30.4. The number of rotatable bonds is 12. The minimum atomic E-state index is -0.307. The molecule has 2 aliphatic heterocycles. The van der Waals surface area contributed by atoms with Gasteiger partial charge in [-0.15, -0.1) is 0 Å². The Morgan fingerprint density at radius 1 is 0.829 bits per heavy atom. The normalized spacial score (nSPS) is 19.8. The average molecular weight is 559 g/mol. The van der Waals surface area contributed by atoms with E-state index in [1.165, 1.54) is 0 Å². The van der Waals surface area contributed by atoms with Crippen molar-refractivity contribution in [1.82, 2.24) is 10.2 Å². The molecule has 2 heterocycles. The van der Waals surface area contributed by atoms with Crippen LogP contribution < -0.4 is 5.32 Å². The molecule has 3 aromatic carbocycles. The van der Waals surface area contributed by atoms with E-state index in [4.69, 9.17) is 9.47 Å². The second-order valence-corrected chi connectivity index (χ2v) is 10.8. The zero-order valence-electron chi connectivity index (χ0n) is 23.9. The third kappa shape index (κ3) is 9.81. The number of hydrogen-bond acceptors (Lipinski definition) is 5. The third-order valence-corrected chi connectivity index (χ3v) is 7.66. The second kappa shape index (κ2) is 16.1. The van der Waals surface area contributed by atoms with Gasteiger partial charge in [0.1, 0.15) is 0 Å². The van der Waals surface area contributed by atoms with Crippen LogP contribution >= 0.6 is 0 Å². The fourth-order valence-electron chi connectivity index (χ4n) is 5.21. The van der Waals surface area contributed by atoms with Gasteiger partial charge in [0.25, 0.3) is 0 Å². The van der Waals surface area contributed by atoms with Crippen molar-refractivity contribution in [3.63, 3.8) is 0 Å². The molecule has 3 aromatic rings. The van der Waals surface area contributed by atoms with Crippen LogP contribution in [-0.4, -0.2) is 53.7 Å². The predicted octanol–water partition coefficient (Wildman–Crippen LogP) is 4.73. The number of carbonyl (C=O) groups excluding carboxylic acids is 2. The lowest BCUT2D eigenvalue weighted by Crippen LogP contribution is -2.32. The lowest BCUT2D eigenvalue weighted by Gasteiger charge is -2.24. The van der Waals surface area contributed by atoms with Gasteiger partial charge in [-0.25, -0.2) is 0 Å². The van der Waals surface area contributed by atoms with Crippen LogP contribution in [0.1, 0.15) is 42.9 Å². The molecule has 2 fully saturated rings. The van der Waals surface area contributed by atoms with Gasteiger partial charge in [0, 0.05) is 44.3 Å². The van der Waals surface area contributed by atoms with Crippen LogP contribution in [0.25, 0.3) is 0 Å². The molecule has 7 nitrogen and oxygen atoms in total. The van der Waals surface area contributed by atoms with E-state index in [0.29, 0.717) is 52.3 Å². The van der Waals surface area contributed by atoms with Crippen LogP contribution in [0, 0.1) is 11.8 Å². The summed E-state index contributed by atoms with van der Waals surface area (Å²) in [6.45, 7) is 5.44. The van der Waals surface area contributed by atoms with E-state index < -0.39 is 0 Å². The zero-order chi connectivity index (χ0) is 28.9. The van der Waals surface area contributed by atoms with Crippen molar-refractivity contribution < 1.29 is 24.2 Å². The summed E-state index contributed by atoms with van der Waals surface area (Å²) < 4.78 is 12.3. The van der Waals surface area contributed by atoms with Crippen molar-refractivity contribution in [2.24, 2.45) is 11.8 Å². The number of aliphatic hydroxyl groups excluding tert-OH is 1. The number of amides is 2. The van der Waals surface area contributed by atoms with Crippen molar-refractivity contribution in [2.45, 2.75) is 58.2 Å². The molecule has 0 saturated carbocycles. The van der Waals surface area contributed by atoms with Gasteiger partial charge in [-0.3, -0.25) is 9.59 Å². The maximum atomic E-state index is 12.7. The number of hydrogen-bond donors (Lipinski definition) is 2. The molecular formula is C34H42N2O5.